The summed E-state index contributed by atoms with van der Waals surface area (Å²) in [6.07, 6.45) is 2.83. The summed E-state index contributed by atoms with van der Waals surface area (Å²) < 4.78 is 19.0. The number of nitrogens with zero attached hydrogens (tertiary/aromatic N) is 1. The van der Waals surface area contributed by atoms with Crippen LogP contribution in [-0.4, -0.2) is 35.6 Å². The number of hydrogen-bond acceptors (Lipinski definition) is 6. The lowest BCUT2D eigenvalue weighted by Crippen LogP contribution is -2.33. The van der Waals surface area contributed by atoms with Crippen LogP contribution in [0.2, 0.25) is 0 Å². The van der Waals surface area contributed by atoms with Gasteiger partial charge in [0, 0.05) is 23.0 Å². The highest BCUT2D eigenvalue weighted by Gasteiger charge is 2.24. The minimum absolute atomic E-state index is 0.164. The second kappa shape index (κ2) is 9.22. The monoisotopic (exact) mass is 437 g/mol. The number of carbonyl (C=O) groups is 2. The number of Topliss-reactive ketones (excluding diaryl/α,β-unsaturated/α-hetero) is 1. The lowest BCUT2D eigenvalue weighted by atomic mass is 10.1. The van der Waals surface area contributed by atoms with Gasteiger partial charge < -0.3 is 18.8 Å². The zero-order valence-electron chi connectivity index (χ0n) is 17.4. The summed E-state index contributed by atoms with van der Waals surface area (Å²) in [6, 6.07) is 11.3. The van der Waals surface area contributed by atoms with E-state index >= 15 is 0 Å². The number of benzene rings is 1. The molecule has 31 heavy (non-hydrogen) atoms. The van der Waals surface area contributed by atoms with Crippen molar-refractivity contribution in [3.8, 4) is 11.5 Å². The zero-order chi connectivity index (χ0) is 21.8. The Labute approximate surface area is 184 Å². The van der Waals surface area contributed by atoms with E-state index in [-0.39, 0.29) is 18.5 Å². The molecule has 0 N–H and O–H groups in total. The van der Waals surface area contributed by atoms with Crippen molar-refractivity contribution in [3.05, 3.63) is 75.7 Å². The Morgan fingerprint density at radius 1 is 1.23 bits per heavy atom. The van der Waals surface area contributed by atoms with Crippen molar-refractivity contribution in [2.45, 2.75) is 26.5 Å². The van der Waals surface area contributed by atoms with Crippen molar-refractivity contribution in [2.75, 3.05) is 13.2 Å². The normalized spacial score (nSPS) is 15.2. The molecule has 3 aromatic rings. The van der Waals surface area contributed by atoms with E-state index in [0.29, 0.717) is 18.7 Å². The van der Waals surface area contributed by atoms with Crippen molar-refractivity contribution < 1.29 is 23.8 Å². The fraction of sp³-hybridized carbons (Fsp3) is 0.250. The number of esters is 1. The highest BCUT2D eigenvalue weighted by molar-refractivity contribution is 7.08. The van der Waals surface area contributed by atoms with Gasteiger partial charge in [0.25, 0.3) is 0 Å². The van der Waals surface area contributed by atoms with Gasteiger partial charge in [-0.15, -0.1) is 0 Å². The van der Waals surface area contributed by atoms with Crippen LogP contribution in [0.25, 0.3) is 6.08 Å². The zero-order valence-corrected chi connectivity index (χ0v) is 18.2. The first-order chi connectivity index (χ1) is 15.0. The number of hydrogen-bond donors (Lipinski definition) is 0. The fourth-order valence-corrected chi connectivity index (χ4v) is 4.15. The molecule has 0 bridgehead atoms. The number of para-hydroxylation sites is 2. The van der Waals surface area contributed by atoms with Gasteiger partial charge in [-0.3, -0.25) is 4.79 Å². The molecule has 0 aliphatic carbocycles. The van der Waals surface area contributed by atoms with Gasteiger partial charge in [-0.2, -0.15) is 11.3 Å². The third kappa shape index (κ3) is 4.88. The molecule has 0 saturated heterocycles. The van der Waals surface area contributed by atoms with Crippen LogP contribution in [0.15, 0.2) is 53.2 Å². The third-order valence-electron chi connectivity index (χ3n) is 5.13. The van der Waals surface area contributed by atoms with Crippen LogP contribution >= 0.6 is 11.3 Å². The topological polar surface area (TPSA) is 66.8 Å². The first-order valence-corrected chi connectivity index (χ1v) is 10.9. The van der Waals surface area contributed by atoms with Gasteiger partial charge in [0.1, 0.15) is 6.61 Å². The molecule has 3 heterocycles. The van der Waals surface area contributed by atoms with E-state index in [9.17, 15) is 9.59 Å². The second-order valence-corrected chi connectivity index (χ2v) is 8.09. The maximum Gasteiger partial charge on any atom is 0.331 e. The van der Waals surface area contributed by atoms with Gasteiger partial charge in [0.15, 0.2) is 24.2 Å². The van der Waals surface area contributed by atoms with Crippen molar-refractivity contribution >= 4 is 29.2 Å². The molecule has 0 spiro atoms. The maximum atomic E-state index is 12.7. The van der Waals surface area contributed by atoms with Gasteiger partial charge in [-0.25, -0.2) is 4.79 Å². The van der Waals surface area contributed by atoms with E-state index in [1.165, 1.54) is 6.08 Å². The molecule has 6 nitrogen and oxygen atoms in total. The number of ketones is 1. The van der Waals surface area contributed by atoms with Gasteiger partial charge in [-0.1, -0.05) is 12.1 Å². The predicted octanol–water partition coefficient (Wildman–Crippen LogP) is 4.45. The molecule has 0 radical (unpaired) electrons. The average molecular weight is 438 g/mol. The number of aromatic nitrogens is 1. The van der Waals surface area contributed by atoms with E-state index in [2.05, 4.69) is 0 Å². The maximum absolute atomic E-state index is 12.7. The fourth-order valence-electron chi connectivity index (χ4n) is 3.52. The Morgan fingerprint density at radius 3 is 2.81 bits per heavy atom. The molecule has 1 atom stereocenters. The van der Waals surface area contributed by atoms with Gasteiger partial charge in [0.2, 0.25) is 5.78 Å². The van der Waals surface area contributed by atoms with Crippen LogP contribution in [0.1, 0.15) is 27.3 Å². The number of ether oxygens (including phenoxy) is 3. The number of rotatable bonds is 7. The number of carbonyl (C=O) groups excluding carboxylic acids is 2. The highest BCUT2D eigenvalue weighted by Crippen LogP contribution is 2.31. The molecule has 4 rings (SSSR count). The quantitative estimate of drug-likeness (QED) is 0.310. The lowest BCUT2D eigenvalue weighted by Gasteiger charge is -2.27. The average Bonchev–Trinajstić information content (AvgIpc) is 3.40. The smallest absolute Gasteiger partial charge is 0.331 e. The van der Waals surface area contributed by atoms with E-state index in [0.717, 1.165) is 28.5 Å². The summed E-state index contributed by atoms with van der Waals surface area (Å²) in [5, 5.41) is 3.84. The molecule has 7 heteroatoms. The first-order valence-electron chi connectivity index (χ1n) is 9.96. The second-order valence-electron chi connectivity index (χ2n) is 7.31. The molecule has 0 fully saturated rings. The number of thiophene rings is 1. The minimum atomic E-state index is -0.542. The molecule has 1 aliphatic rings. The van der Waals surface area contributed by atoms with Crippen LogP contribution < -0.4 is 9.47 Å². The molecular weight excluding hydrogens is 414 g/mol. The Morgan fingerprint density at radius 2 is 2.03 bits per heavy atom. The summed E-state index contributed by atoms with van der Waals surface area (Å²) in [5.74, 6) is 0.688. The van der Waals surface area contributed by atoms with Crippen molar-refractivity contribution in [1.29, 1.82) is 0 Å². The predicted molar refractivity (Wildman–Crippen MR) is 119 cm³/mol. The van der Waals surface area contributed by atoms with Gasteiger partial charge >= 0.3 is 5.97 Å². The van der Waals surface area contributed by atoms with Crippen LogP contribution in [0.5, 0.6) is 11.5 Å². The Bertz CT molecular complexity index is 1110. The largest absolute Gasteiger partial charge is 0.486 e. The lowest BCUT2D eigenvalue weighted by molar-refractivity contribution is -0.136. The number of aryl methyl sites for hydroxylation is 1. The highest BCUT2D eigenvalue weighted by atomic mass is 32.1. The molecular formula is C24H23NO5S. The van der Waals surface area contributed by atoms with E-state index < -0.39 is 5.97 Å². The van der Waals surface area contributed by atoms with Crippen LogP contribution in [0.3, 0.4) is 0 Å². The summed E-state index contributed by atoms with van der Waals surface area (Å²) in [6.45, 7) is 4.52. The van der Waals surface area contributed by atoms with Crippen LogP contribution in [-0.2, 0) is 16.1 Å². The molecule has 0 amide bonds. The Hall–Kier alpha value is -3.32. The summed E-state index contributed by atoms with van der Waals surface area (Å²) in [5.41, 5.74) is 3.22. The van der Waals surface area contributed by atoms with Crippen molar-refractivity contribution in [2.24, 2.45) is 0 Å². The molecule has 0 saturated carbocycles. The Kier molecular flexibility index (Phi) is 6.23. The van der Waals surface area contributed by atoms with E-state index in [4.69, 9.17) is 14.2 Å². The summed E-state index contributed by atoms with van der Waals surface area (Å²) >= 11 is 1.54. The standard InChI is InChI=1S/C24H23NO5S/c1-16-11-20(21(26)14-29-24(27)8-7-18-9-10-31-15-18)17(2)25(16)12-19-13-28-22-5-3-4-6-23(22)30-19/h3-11,15,19H,12-14H2,1-2H3/b8-7+. The summed E-state index contributed by atoms with van der Waals surface area (Å²) in [4.78, 5) is 24.6. The third-order valence-corrected chi connectivity index (χ3v) is 5.83. The van der Waals surface area contributed by atoms with Crippen LogP contribution in [0, 0.1) is 13.8 Å². The SMILES string of the molecule is Cc1cc(C(=O)COC(=O)/C=C/c2ccsc2)c(C)n1CC1COc2ccccc2O1. The number of fused-ring (bicyclic) bond motifs is 1. The summed E-state index contributed by atoms with van der Waals surface area (Å²) in [7, 11) is 0. The van der Waals surface area contributed by atoms with Gasteiger partial charge in [0.05, 0.1) is 6.54 Å². The first kappa shape index (κ1) is 20.9. The van der Waals surface area contributed by atoms with Crippen LogP contribution in [0.4, 0.5) is 0 Å². The van der Waals surface area contributed by atoms with E-state index in [1.54, 1.807) is 17.4 Å². The van der Waals surface area contributed by atoms with Crippen molar-refractivity contribution in [3.63, 3.8) is 0 Å². The molecule has 2 aromatic heterocycles. The Balaban J connectivity index is 1.37. The molecule has 1 aromatic carbocycles. The minimum Gasteiger partial charge on any atom is -0.486 e. The molecule has 160 valence electrons. The van der Waals surface area contributed by atoms with Crippen molar-refractivity contribution in [1.82, 2.24) is 4.57 Å². The molecule has 1 unspecified atom stereocenters. The van der Waals surface area contributed by atoms with Gasteiger partial charge in [-0.05, 0) is 60.5 Å². The molecule has 1 aliphatic heterocycles. The van der Waals surface area contributed by atoms with E-state index in [1.807, 2.05) is 65.6 Å².